The summed E-state index contributed by atoms with van der Waals surface area (Å²) in [5.41, 5.74) is 2.26. The van der Waals surface area contributed by atoms with Gasteiger partial charge in [-0.05, 0) is 17.5 Å². The molecule has 3 nitrogen and oxygen atoms in total. The summed E-state index contributed by atoms with van der Waals surface area (Å²) in [6.45, 7) is 2.23. The van der Waals surface area contributed by atoms with Gasteiger partial charge in [0, 0.05) is 27.2 Å². The van der Waals surface area contributed by atoms with Crippen LogP contribution in [0.1, 0.15) is 62.5 Å². The van der Waals surface area contributed by atoms with Gasteiger partial charge >= 0.3 is 0 Å². The number of methoxy groups -OCH3 is 3. The standard InChI is InChI=1S/C19H31ClO3/c1-5-6-7-8-9-10-18(19(21-2,22-3)23-4)17-13-11-16(15-20)12-14-17/h11-14,18H,5-10,15H2,1-4H3. The Morgan fingerprint density at radius 1 is 0.913 bits per heavy atom. The van der Waals surface area contributed by atoms with Gasteiger partial charge in [-0.15, -0.1) is 11.6 Å². The SMILES string of the molecule is CCCCCCCC(c1ccc(CCl)cc1)C(OC)(OC)OC. The number of hydrogen-bond acceptors (Lipinski definition) is 3. The molecule has 0 heterocycles. The molecule has 1 unspecified atom stereocenters. The molecule has 0 aliphatic rings. The molecule has 0 spiro atoms. The van der Waals surface area contributed by atoms with Gasteiger partial charge in [-0.2, -0.15) is 0 Å². The number of unbranched alkanes of at least 4 members (excludes halogenated alkanes) is 4. The summed E-state index contributed by atoms with van der Waals surface area (Å²) in [5, 5.41) is 0. The maximum atomic E-state index is 5.89. The Morgan fingerprint density at radius 3 is 1.96 bits per heavy atom. The van der Waals surface area contributed by atoms with E-state index in [2.05, 4.69) is 31.2 Å². The average Bonchev–Trinajstić information content (AvgIpc) is 2.61. The molecule has 0 saturated carbocycles. The zero-order valence-corrected chi connectivity index (χ0v) is 15.7. The number of ether oxygens (including phenoxy) is 3. The van der Waals surface area contributed by atoms with Crippen LogP contribution in [0.5, 0.6) is 0 Å². The van der Waals surface area contributed by atoms with Gasteiger partial charge in [0.1, 0.15) is 0 Å². The summed E-state index contributed by atoms with van der Waals surface area (Å²) in [7, 11) is 4.89. The summed E-state index contributed by atoms with van der Waals surface area (Å²) in [5.74, 6) is -0.507. The molecule has 0 fully saturated rings. The Bertz CT molecular complexity index is 407. The maximum absolute atomic E-state index is 5.89. The lowest BCUT2D eigenvalue weighted by Gasteiger charge is -2.36. The molecular weight excluding hydrogens is 312 g/mol. The second-order valence-corrected chi connectivity index (χ2v) is 6.11. The summed E-state index contributed by atoms with van der Waals surface area (Å²) >= 11 is 5.89. The van der Waals surface area contributed by atoms with Gasteiger partial charge in [-0.3, -0.25) is 0 Å². The minimum absolute atomic E-state index is 0.0218. The number of benzene rings is 1. The van der Waals surface area contributed by atoms with Crippen LogP contribution in [0, 0.1) is 0 Å². The van der Waals surface area contributed by atoms with Crippen LogP contribution in [0.4, 0.5) is 0 Å². The predicted molar refractivity (Wildman–Crippen MR) is 95.9 cm³/mol. The summed E-state index contributed by atoms with van der Waals surface area (Å²) in [6, 6.07) is 8.30. The van der Waals surface area contributed by atoms with Crippen molar-refractivity contribution in [3.63, 3.8) is 0 Å². The minimum Gasteiger partial charge on any atom is -0.330 e. The van der Waals surface area contributed by atoms with Crippen LogP contribution in [0.15, 0.2) is 24.3 Å². The quantitative estimate of drug-likeness (QED) is 0.286. The van der Waals surface area contributed by atoms with Crippen molar-refractivity contribution in [3.05, 3.63) is 35.4 Å². The average molecular weight is 343 g/mol. The van der Waals surface area contributed by atoms with E-state index in [1.165, 1.54) is 25.7 Å². The van der Waals surface area contributed by atoms with Crippen molar-refractivity contribution in [1.82, 2.24) is 0 Å². The van der Waals surface area contributed by atoms with Gasteiger partial charge in [-0.1, -0.05) is 63.3 Å². The second-order valence-electron chi connectivity index (χ2n) is 5.85. The molecule has 1 aromatic carbocycles. The first-order chi connectivity index (χ1) is 11.2. The fourth-order valence-corrected chi connectivity index (χ4v) is 3.19. The first-order valence-corrected chi connectivity index (χ1v) is 9.01. The van der Waals surface area contributed by atoms with Crippen LogP contribution in [0.2, 0.25) is 0 Å². The van der Waals surface area contributed by atoms with Gasteiger partial charge in [0.15, 0.2) is 0 Å². The summed E-state index contributed by atoms with van der Waals surface area (Å²) in [6.07, 6.45) is 7.12. The van der Waals surface area contributed by atoms with E-state index in [4.69, 9.17) is 25.8 Å². The van der Waals surface area contributed by atoms with Crippen LogP contribution < -0.4 is 0 Å². The lowest BCUT2D eigenvalue weighted by Crippen LogP contribution is -2.42. The second kappa shape index (κ2) is 11.0. The van der Waals surface area contributed by atoms with Crippen molar-refractivity contribution in [2.45, 2.75) is 63.2 Å². The van der Waals surface area contributed by atoms with Gasteiger partial charge in [0.25, 0.3) is 5.97 Å². The van der Waals surface area contributed by atoms with E-state index in [0.29, 0.717) is 5.88 Å². The molecule has 0 aliphatic carbocycles. The molecule has 132 valence electrons. The highest BCUT2D eigenvalue weighted by atomic mass is 35.5. The Balaban J connectivity index is 2.90. The van der Waals surface area contributed by atoms with Crippen molar-refractivity contribution in [3.8, 4) is 0 Å². The van der Waals surface area contributed by atoms with E-state index >= 15 is 0 Å². The summed E-state index contributed by atoms with van der Waals surface area (Å²) < 4.78 is 16.9. The largest absolute Gasteiger partial charge is 0.330 e. The van der Waals surface area contributed by atoms with Gasteiger partial charge < -0.3 is 14.2 Å². The molecule has 0 radical (unpaired) electrons. The lowest BCUT2D eigenvalue weighted by atomic mass is 9.90. The number of alkyl halides is 1. The van der Waals surface area contributed by atoms with E-state index in [0.717, 1.165) is 24.0 Å². The van der Waals surface area contributed by atoms with Crippen LogP contribution >= 0.6 is 11.6 Å². The predicted octanol–water partition coefficient (Wildman–Crippen LogP) is 5.46. The molecule has 0 bridgehead atoms. The highest BCUT2D eigenvalue weighted by molar-refractivity contribution is 6.17. The van der Waals surface area contributed by atoms with Crippen LogP contribution in [-0.4, -0.2) is 27.3 Å². The third-order valence-corrected chi connectivity index (χ3v) is 4.72. The highest BCUT2D eigenvalue weighted by Crippen LogP contribution is 2.37. The topological polar surface area (TPSA) is 27.7 Å². The molecular formula is C19H31ClO3. The molecule has 0 amide bonds. The van der Waals surface area contributed by atoms with Crippen LogP contribution in [-0.2, 0) is 20.1 Å². The normalized spacial score (nSPS) is 13.3. The van der Waals surface area contributed by atoms with E-state index in [1.54, 1.807) is 21.3 Å². The van der Waals surface area contributed by atoms with Gasteiger partial charge in [0.05, 0.1) is 5.92 Å². The Morgan fingerprint density at radius 2 is 1.48 bits per heavy atom. The zero-order valence-electron chi connectivity index (χ0n) is 14.9. The molecule has 0 saturated heterocycles. The molecule has 0 aromatic heterocycles. The summed E-state index contributed by atoms with van der Waals surface area (Å²) in [4.78, 5) is 0. The molecule has 1 atom stereocenters. The fourth-order valence-electron chi connectivity index (χ4n) is 3.02. The minimum atomic E-state index is -1.05. The van der Waals surface area contributed by atoms with Crippen molar-refractivity contribution >= 4 is 11.6 Å². The van der Waals surface area contributed by atoms with Gasteiger partial charge in [0.2, 0.25) is 0 Å². The smallest absolute Gasteiger partial charge is 0.289 e. The van der Waals surface area contributed by atoms with Gasteiger partial charge in [-0.25, -0.2) is 0 Å². The van der Waals surface area contributed by atoms with E-state index in [1.807, 2.05) is 0 Å². The van der Waals surface area contributed by atoms with Crippen molar-refractivity contribution in [2.24, 2.45) is 0 Å². The zero-order chi connectivity index (χ0) is 17.1. The molecule has 0 aliphatic heterocycles. The fraction of sp³-hybridized carbons (Fsp3) is 0.684. The third-order valence-electron chi connectivity index (χ3n) is 4.41. The number of halogens is 1. The number of rotatable bonds is 12. The van der Waals surface area contributed by atoms with E-state index < -0.39 is 5.97 Å². The van der Waals surface area contributed by atoms with Crippen molar-refractivity contribution in [1.29, 1.82) is 0 Å². The van der Waals surface area contributed by atoms with E-state index in [-0.39, 0.29) is 5.92 Å². The number of hydrogen-bond donors (Lipinski definition) is 0. The Hall–Kier alpha value is -0.610. The molecule has 0 N–H and O–H groups in total. The Labute approximate surface area is 146 Å². The molecule has 4 heteroatoms. The Kier molecular flexibility index (Phi) is 9.80. The first-order valence-electron chi connectivity index (χ1n) is 8.47. The molecule has 1 aromatic rings. The first kappa shape index (κ1) is 20.4. The molecule has 23 heavy (non-hydrogen) atoms. The highest BCUT2D eigenvalue weighted by Gasteiger charge is 2.40. The maximum Gasteiger partial charge on any atom is 0.289 e. The van der Waals surface area contributed by atoms with Crippen molar-refractivity contribution < 1.29 is 14.2 Å². The third kappa shape index (κ3) is 5.75. The van der Waals surface area contributed by atoms with Crippen LogP contribution in [0.3, 0.4) is 0 Å². The van der Waals surface area contributed by atoms with E-state index in [9.17, 15) is 0 Å². The lowest BCUT2D eigenvalue weighted by molar-refractivity contribution is -0.365. The van der Waals surface area contributed by atoms with Crippen LogP contribution in [0.25, 0.3) is 0 Å². The van der Waals surface area contributed by atoms with Crippen molar-refractivity contribution in [2.75, 3.05) is 21.3 Å². The molecule has 1 rings (SSSR count). The monoisotopic (exact) mass is 342 g/mol.